The van der Waals surface area contributed by atoms with Crippen molar-refractivity contribution in [1.29, 1.82) is 0 Å². The van der Waals surface area contributed by atoms with E-state index in [1.807, 2.05) is 34.6 Å². The Morgan fingerprint density at radius 3 is 2.00 bits per heavy atom. The molecule has 0 spiro atoms. The summed E-state index contributed by atoms with van der Waals surface area (Å²) >= 11 is 3.04. The highest BCUT2D eigenvalue weighted by Gasteiger charge is 2.11. The highest BCUT2D eigenvalue weighted by Crippen LogP contribution is 2.27. The summed E-state index contributed by atoms with van der Waals surface area (Å²) in [4.78, 5) is 0. The first kappa shape index (κ1) is 18.7. The van der Waals surface area contributed by atoms with Crippen LogP contribution in [0.1, 0.15) is 33.3 Å². The fraction of sp³-hybridized carbons (Fsp3) is 0.455. The van der Waals surface area contributed by atoms with Gasteiger partial charge in [-0.2, -0.15) is 8.42 Å². The predicted molar refractivity (Wildman–Crippen MR) is 72.2 cm³/mol. The molecule has 0 bridgehead atoms. The van der Waals surface area contributed by atoms with Gasteiger partial charge in [-0.1, -0.05) is 37.6 Å². The highest BCUT2D eigenvalue weighted by atomic mass is 79.9. The van der Waals surface area contributed by atoms with Crippen molar-refractivity contribution in [3.05, 3.63) is 28.2 Å². The molecule has 100 valence electrons. The van der Waals surface area contributed by atoms with Crippen molar-refractivity contribution < 1.29 is 16.5 Å². The van der Waals surface area contributed by atoms with Gasteiger partial charge >= 0.3 is 10.5 Å². The van der Waals surface area contributed by atoms with Gasteiger partial charge in [-0.3, -0.25) is 0 Å². The molecule has 1 aromatic rings. The summed E-state index contributed by atoms with van der Waals surface area (Å²) in [5.74, 6) is -0.0619. The lowest BCUT2D eigenvalue weighted by atomic mass is 10.2. The minimum atomic E-state index is -4.94. The van der Waals surface area contributed by atoms with Gasteiger partial charge in [0.25, 0.3) is 0 Å². The molecule has 0 N–H and O–H groups in total. The quantitative estimate of drug-likeness (QED) is 0.755. The van der Waals surface area contributed by atoms with Gasteiger partial charge in [0.05, 0.1) is 4.47 Å². The molecule has 0 unspecified atom stereocenters. The van der Waals surface area contributed by atoms with Gasteiger partial charge in [0.2, 0.25) is 0 Å². The first-order valence-electron chi connectivity index (χ1n) is 5.29. The fourth-order valence-electron chi connectivity index (χ4n) is 0.781. The Labute approximate surface area is 112 Å². The monoisotopic (exact) mass is 328 g/mol. The second-order valence-electron chi connectivity index (χ2n) is 2.41. The van der Waals surface area contributed by atoms with Crippen LogP contribution in [0.15, 0.2) is 22.7 Å². The Kier molecular flexibility index (Phi) is 10.4. The van der Waals surface area contributed by atoms with E-state index in [4.69, 9.17) is 0 Å². The van der Waals surface area contributed by atoms with Crippen LogP contribution in [-0.4, -0.2) is 8.42 Å². The lowest BCUT2D eigenvalue weighted by molar-refractivity contribution is 0.439. The van der Waals surface area contributed by atoms with Crippen molar-refractivity contribution in [2.45, 2.75) is 34.6 Å². The van der Waals surface area contributed by atoms with E-state index in [-0.39, 0.29) is 5.75 Å². The predicted octanol–water partition coefficient (Wildman–Crippen LogP) is 4.40. The molecule has 0 atom stereocenters. The Bertz CT molecular complexity index is 419. The minimum absolute atomic E-state index is 0.0619. The van der Waals surface area contributed by atoms with Crippen LogP contribution in [0.2, 0.25) is 0 Å². The maximum absolute atomic E-state index is 12.1. The van der Waals surface area contributed by atoms with Crippen LogP contribution in [0.4, 0.5) is 3.89 Å². The van der Waals surface area contributed by atoms with Crippen LogP contribution in [0.25, 0.3) is 0 Å². The van der Waals surface area contributed by atoms with E-state index >= 15 is 0 Å². The molecule has 0 aliphatic carbocycles. The van der Waals surface area contributed by atoms with Crippen molar-refractivity contribution >= 4 is 26.4 Å². The van der Waals surface area contributed by atoms with Gasteiger partial charge in [0.1, 0.15) is 0 Å². The molecule has 3 nitrogen and oxygen atoms in total. The summed E-state index contributed by atoms with van der Waals surface area (Å²) in [5.41, 5.74) is 0.912. The van der Waals surface area contributed by atoms with Gasteiger partial charge < -0.3 is 4.18 Å². The Morgan fingerprint density at radius 1 is 1.18 bits per heavy atom. The molecule has 0 radical (unpaired) electrons. The molecular weight excluding hydrogens is 311 g/mol. The summed E-state index contributed by atoms with van der Waals surface area (Å²) in [6.45, 7) is 9.82. The van der Waals surface area contributed by atoms with Crippen LogP contribution in [0, 0.1) is 6.92 Å². The van der Waals surface area contributed by atoms with Gasteiger partial charge in [-0.25, -0.2) is 0 Å². The molecule has 1 aromatic carbocycles. The van der Waals surface area contributed by atoms with Gasteiger partial charge in [-0.05, 0) is 40.5 Å². The average Bonchev–Trinajstić information content (AvgIpc) is 2.27. The van der Waals surface area contributed by atoms with Crippen molar-refractivity contribution in [1.82, 2.24) is 0 Å². The molecule has 0 fully saturated rings. The fourth-order valence-corrected chi connectivity index (χ4v) is 1.82. The highest BCUT2D eigenvalue weighted by molar-refractivity contribution is 9.10. The summed E-state index contributed by atoms with van der Waals surface area (Å²) in [6, 6.07) is 4.61. The maximum atomic E-state index is 12.1. The zero-order valence-corrected chi connectivity index (χ0v) is 13.0. The minimum Gasteiger partial charge on any atom is -0.357 e. The smallest absolute Gasteiger partial charge is 0.357 e. The molecule has 0 saturated carbocycles. The maximum Gasteiger partial charge on any atom is 0.488 e. The molecular formula is C11H18BrFO3S. The van der Waals surface area contributed by atoms with Crippen LogP contribution in [0.3, 0.4) is 0 Å². The van der Waals surface area contributed by atoms with Crippen LogP contribution in [0.5, 0.6) is 5.75 Å². The molecule has 6 heteroatoms. The zero-order valence-electron chi connectivity index (χ0n) is 10.6. The van der Waals surface area contributed by atoms with Gasteiger partial charge in [0, 0.05) is 0 Å². The molecule has 0 aliphatic rings. The van der Waals surface area contributed by atoms with Gasteiger partial charge in [-0.15, -0.1) is 0 Å². The molecule has 17 heavy (non-hydrogen) atoms. The first-order chi connectivity index (χ1) is 7.88. The van der Waals surface area contributed by atoms with Crippen molar-refractivity contribution in [3.63, 3.8) is 0 Å². The Morgan fingerprint density at radius 2 is 1.65 bits per heavy atom. The molecule has 0 saturated heterocycles. The van der Waals surface area contributed by atoms with Crippen molar-refractivity contribution in [3.8, 4) is 5.75 Å². The van der Waals surface area contributed by atoms with Crippen molar-refractivity contribution in [2.75, 3.05) is 0 Å². The summed E-state index contributed by atoms with van der Waals surface area (Å²) < 4.78 is 36.8. The molecule has 0 aliphatic heterocycles. The number of benzene rings is 1. The Hall–Kier alpha value is -0.620. The largest absolute Gasteiger partial charge is 0.488 e. The summed E-state index contributed by atoms with van der Waals surface area (Å²) in [7, 11) is -4.94. The molecule has 0 heterocycles. The number of hydrogen-bond acceptors (Lipinski definition) is 3. The van der Waals surface area contributed by atoms with E-state index in [1.54, 1.807) is 12.1 Å². The molecule has 0 aromatic heterocycles. The zero-order chi connectivity index (χ0) is 14.1. The van der Waals surface area contributed by atoms with Crippen molar-refractivity contribution in [2.24, 2.45) is 0 Å². The topological polar surface area (TPSA) is 43.4 Å². The van der Waals surface area contributed by atoms with E-state index in [0.29, 0.717) is 4.47 Å². The van der Waals surface area contributed by atoms with E-state index < -0.39 is 10.5 Å². The lowest BCUT2D eigenvalue weighted by Gasteiger charge is -2.02. The van der Waals surface area contributed by atoms with E-state index in [1.165, 1.54) is 6.07 Å². The summed E-state index contributed by atoms with van der Waals surface area (Å²) in [6.07, 6.45) is 0. The second kappa shape index (κ2) is 9.41. The van der Waals surface area contributed by atoms with E-state index in [2.05, 4.69) is 20.1 Å². The Balaban J connectivity index is 0. The number of aryl methyl sites for hydroxylation is 1. The third-order valence-electron chi connectivity index (χ3n) is 1.28. The number of rotatable bonds is 2. The number of halogens is 2. The van der Waals surface area contributed by atoms with E-state index in [9.17, 15) is 12.3 Å². The normalized spacial score (nSPS) is 9.35. The lowest BCUT2D eigenvalue weighted by Crippen LogP contribution is -2.01. The first-order valence-corrected chi connectivity index (χ1v) is 7.39. The third kappa shape index (κ3) is 9.12. The summed E-state index contributed by atoms with van der Waals surface area (Å²) in [5, 5.41) is 0. The second-order valence-corrected chi connectivity index (χ2v) is 4.22. The van der Waals surface area contributed by atoms with E-state index in [0.717, 1.165) is 5.56 Å². The number of hydrogen-bond donors (Lipinski definition) is 0. The molecule has 1 rings (SSSR count). The third-order valence-corrected chi connectivity index (χ3v) is 2.28. The van der Waals surface area contributed by atoms with Crippen LogP contribution < -0.4 is 4.18 Å². The average molecular weight is 329 g/mol. The van der Waals surface area contributed by atoms with Crippen LogP contribution in [-0.2, 0) is 10.5 Å². The van der Waals surface area contributed by atoms with Crippen LogP contribution >= 0.6 is 15.9 Å². The van der Waals surface area contributed by atoms with Gasteiger partial charge in [0.15, 0.2) is 5.75 Å². The standard InChI is InChI=1S/C7H6BrFO3S.2C2H6/c1-5-2-3-7(6(8)4-5)12-13(9,10)11;2*1-2/h2-4H,1H3;2*1-2H3. The SMILES string of the molecule is CC.CC.Cc1ccc(OS(=O)(=O)F)c(Br)c1. The molecule has 0 amide bonds.